The van der Waals surface area contributed by atoms with E-state index in [0.717, 1.165) is 10.4 Å². The van der Waals surface area contributed by atoms with Crippen molar-refractivity contribution in [3.8, 4) is 11.8 Å². The Labute approximate surface area is 94.6 Å². The van der Waals surface area contributed by atoms with Crippen LogP contribution in [-0.2, 0) is 0 Å². The fraction of sp³-hybridized carbons (Fsp3) is 0.143. The molecule has 74 valence electrons. The van der Waals surface area contributed by atoms with E-state index in [9.17, 15) is 0 Å². The summed E-state index contributed by atoms with van der Waals surface area (Å²) in [6.07, 6.45) is 0. The molecule has 1 heteroatoms. The van der Waals surface area contributed by atoms with Crippen molar-refractivity contribution >= 4 is 11.3 Å². The Morgan fingerprint density at radius 2 is 1.60 bits per heavy atom. The standard InChI is InChI=1S/C14H12S/c1-11-3-6-13(7-4-11)8-10-14-9-5-12(2)15-14/h3-7,9H,1-2H3. The first-order chi connectivity index (χ1) is 7.24. The van der Waals surface area contributed by atoms with E-state index in [1.807, 2.05) is 0 Å². The minimum atomic E-state index is 1.08. The van der Waals surface area contributed by atoms with Crippen LogP contribution in [0.2, 0.25) is 0 Å². The fourth-order valence-electron chi connectivity index (χ4n) is 1.27. The molecular weight excluding hydrogens is 200 g/mol. The van der Waals surface area contributed by atoms with Gasteiger partial charge < -0.3 is 0 Å². The van der Waals surface area contributed by atoms with Crippen molar-refractivity contribution in [1.82, 2.24) is 0 Å². The molecule has 1 aromatic carbocycles. The molecule has 1 aromatic heterocycles. The second kappa shape index (κ2) is 4.33. The molecule has 1 heterocycles. The van der Waals surface area contributed by atoms with E-state index in [0.29, 0.717) is 0 Å². The van der Waals surface area contributed by atoms with Gasteiger partial charge in [-0.1, -0.05) is 29.5 Å². The molecule has 2 aromatic rings. The van der Waals surface area contributed by atoms with Gasteiger partial charge in [0.25, 0.3) is 0 Å². The predicted octanol–water partition coefficient (Wildman–Crippen LogP) is 3.76. The van der Waals surface area contributed by atoms with Crippen molar-refractivity contribution in [2.75, 3.05) is 0 Å². The zero-order valence-corrected chi connectivity index (χ0v) is 9.69. The summed E-state index contributed by atoms with van der Waals surface area (Å²) < 4.78 is 0. The van der Waals surface area contributed by atoms with Crippen LogP contribution in [0.25, 0.3) is 0 Å². The van der Waals surface area contributed by atoms with Gasteiger partial charge in [-0.2, -0.15) is 0 Å². The van der Waals surface area contributed by atoms with Crippen LogP contribution >= 0.6 is 11.3 Å². The van der Waals surface area contributed by atoms with Crippen molar-refractivity contribution < 1.29 is 0 Å². The normalized spacial score (nSPS) is 9.47. The molecule has 0 saturated carbocycles. The van der Waals surface area contributed by atoms with E-state index in [2.05, 4.69) is 62.1 Å². The van der Waals surface area contributed by atoms with Crippen LogP contribution in [0.5, 0.6) is 0 Å². The van der Waals surface area contributed by atoms with Gasteiger partial charge in [0, 0.05) is 10.4 Å². The molecule has 0 unspecified atom stereocenters. The summed E-state index contributed by atoms with van der Waals surface area (Å²) >= 11 is 1.74. The van der Waals surface area contributed by atoms with Gasteiger partial charge in [-0.15, -0.1) is 11.3 Å². The third kappa shape index (κ3) is 2.71. The molecule has 0 aliphatic heterocycles. The van der Waals surface area contributed by atoms with Crippen LogP contribution in [0.3, 0.4) is 0 Å². The first kappa shape index (κ1) is 10.0. The summed E-state index contributed by atoms with van der Waals surface area (Å²) in [6, 6.07) is 12.5. The SMILES string of the molecule is Cc1ccc(C#Cc2ccc(C)s2)cc1. The Kier molecular flexibility index (Phi) is 2.89. The van der Waals surface area contributed by atoms with Gasteiger partial charge in [-0.3, -0.25) is 0 Å². The highest BCUT2D eigenvalue weighted by atomic mass is 32.1. The minimum absolute atomic E-state index is 1.08. The maximum atomic E-state index is 3.17. The highest BCUT2D eigenvalue weighted by molar-refractivity contribution is 7.12. The lowest BCUT2D eigenvalue weighted by Crippen LogP contribution is -1.74. The van der Waals surface area contributed by atoms with Crippen LogP contribution < -0.4 is 0 Å². The van der Waals surface area contributed by atoms with Crippen molar-refractivity contribution in [2.24, 2.45) is 0 Å². The lowest BCUT2D eigenvalue weighted by molar-refractivity contribution is 1.46. The van der Waals surface area contributed by atoms with Crippen LogP contribution in [0.1, 0.15) is 20.9 Å². The van der Waals surface area contributed by atoms with Gasteiger partial charge in [0.2, 0.25) is 0 Å². The lowest BCUT2D eigenvalue weighted by Gasteiger charge is -1.90. The second-order valence-electron chi connectivity index (χ2n) is 3.53. The van der Waals surface area contributed by atoms with Crippen molar-refractivity contribution in [1.29, 1.82) is 0 Å². The van der Waals surface area contributed by atoms with Crippen LogP contribution in [0, 0.1) is 25.7 Å². The Morgan fingerprint density at radius 3 is 2.20 bits per heavy atom. The van der Waals surface area contributed by atoms with Crippen molar-refractivity contribution in [2.45, 2.75) is 13.8 Å². The lowest BCUT2D eigenvalue weighted by atomic mass is 10.1. The predicted molar refractivity (Wildman–Crippen MR) is 66.2 cm³/mol. The first-order valence-electron chi connectivity index (χ1n) is 4.89. The Hall–Kier alpha value is -1.52. The number of aryl methyl sites for hydroxylation is 2. The molecule has 0 saturated heterocycles. The average molecular weight is 212 g/mol. The summed E-state index contributed by atoms with van der Waals surface area (Å²) in [5.74, 6) is 6.33. The number of thiophene rings is 1. The number of rotatable bonds is 0. The van der Waals surface area contributed by atoms with Crippen LogP contribution in [0.4, 0.5) is 0 Å². The first-order valence-corrected chi connectivity index (χ1v) is 5.71. The zero-order valence-electron chi connectivity index (χ0n) is 8.87. The van der Waals surface area contributed by atoms with Gasteiger partial charge in [0.05, 0.1) is 4.88 Å². The molecule has 0 aliphatic carbocycles. The molecule has 0 atom stereocenters. The molecule has 0 bridgehead atoms. The Balaban J connectivity index is 2.22. The largest absolute Gasteiger partial charge is 0.132 e. The molecular formula is C14H12S. The van der Waals surface area contributed by atoms with E-state index in [4.69, 9.17) is 0 Å². The summed E-state index contributed by atoms with van der Waals surface area (Å²) in [5.41, 5.74) is 2.35. The van der Waals surface area contributed by atoms with Crippen LogP contribution in [-0.4, -0.2) is 0 Å². The summed E-state index contributed by atoms with van der Waals surface area (Å²) in [5, 5.41) is 0. The van der Waals surface area contributed by atoms with Crippen molar-refractivity contribution in [3.63, 3.8) is 0 Å². The highest BCUT2D eigenvalue weighted by Crippen LogP contribution is 2.13. The van der Waals surface area contributed by atoms with Gasteiger partial charge in [0.1, 0.15) is 0 Å². The van der Waals surface area contributed by atoms with Gasteiger partial charge >= 0.3 is 0 Å². The molecule has 15 heavy (non-hydrogen) atoms. The van der Waals surface area contributed by atoms with E-state index >= 15 is 0 Å². The van der Waals surface area contributed by atoms with Gasteiger partial charge in [-0.25, -0.2) is 0 Å². The average Bonchev–Trinajstić information content (AvgIpc) is 2.64. The van der Waals surface area contributed by atoms with Crippen LogP contribution in [0.15, 0.2) is 36.4 Å². The quantitative estimate of drug-likeness (QED) is 0.583. The number of hydrogen-bond donors (Lipinski definition) is 0. The maximum absolute atomic E-state index is 3.17. The molecule has 0 N–H and O–H groups in total. The minimum Gasteiger partial charge on any atom is -0.132 e. The van der Waals surface area contributed by atoms with E-state index in [-0.39, 0.29) is 0 Å². The van der Waals surface area contributed by atoms with E-state index in [1.54, 1.807) is 11.3 Å². The molecule has 0 spiro atoms. The van der Waals surface area contributed by atoms with Gasteiger partial charge in [0.15, 0.2) is 0 Å². The highest BCUT2D eigenvalue weighted by Gasteiger charge is 1.91. The molecule has 0 fully saturated rings. The number of hydrogen-bond acceptors (Lipinski definition) is 1. The van der Waals surface area contributed by atoms with Crippen molar-refractivity contribution in [3.05, 3.63) is 57.3 Å². The molecule has 0 nitrogen and oxygen atoms in total. The van der Waals surface area contributed by atoms with Gasteiger partial charge in [-0.05, 0) is 38.1 Å². The molecule has 0 aliphatic rings. The van der Waals surface area contributed by atoms with E-state index < -0.39 is 0 Å². The smallest absolute Gasteiger partial charge is 0.0775 e. The monoisotopic (exact) mass is 212 g/mol. The summed E-state index contributed by atoms with van der Waals surface area (Å²) in [7, 11) is 0. The Morgan fingerprint density at radius 1 is 0.867 bits per heavy atom. The van der Waals surface area contributed by atoms with E-state index in [1.165, 1.54) is 10.4 Å². The third-order valence-electron chi connectivity index (χ3n) is 2.12. The maximum Gasteiger partial charge on any atom is 0.0775 e. The molecule has 2 rings (SSSR count). The fourth-order valence-corrected chi connectivity index (χ4v) is 1.99. The molecule has 0 amide bonds. The Bertz CT molecular complexity index is 506. The summed E-state index contributed by atoms with van der Waals surface area (Å²) in [6.45, 7) is 4.18. The molecule has 0 radical (unpaired) electrons. The zero-order chi connectivity index (χ0) is 10.7. The number of benzene rings is 1. The third-order valence-corrected chi connectivity index (χ3v) is 3.04. The topological polar surface area (TPSA) is 0 Å². The summed E-state index contributed by atoms with van der Waals surface area (Å²) in [4.78, 5) is 2.44. The second-order valence-corrected chi connectivity index (χ2v) is 4.81.